The lowest BCUT2D eigenvalue weighted by Gasteiger charge is -2.13. The number of hydrogen-bond donors (Lipinski definition) is 1. The lowest BCUT2D eigenvalue weighted by molar-refractivity contribution is 0.503. The molecule has 3 aromatic rings. The Bertz CT molecular complexity index is 768. The average Bonchev–Trinajstić information content (AvgIpc) is 3.20. The van der Waals surface area contributed by atoms with E-state index in [0.717, 1.165) is 41.6 Å². The zero-order valence-corrected chi connectivity index (χ0v) is 12.0. The molecule has 108 valence electrons. The molecule has 0 bridgehead atoms. The van der Waals surface area contributed by atoms with Crippen molar-refractivity contribution in [2.45, 2.75) is 32.4 Å². The predicted molar refractivity (Wildman–Crippen MR) is 81.0 cm³/mol. The Morgan fingerprint density at radius 2 is 2.33 bits per heavy atom. The molecular weight excluding hydrogens is 264 g/mol. The summed E-state index contributed by atoms with van der Waals surface area (Å²) in [5.74, 6) is 2.57. The lowest BCUT2D eigenvalue weighted by atomic mass is 10.2. The van der Waals surface area contributed by atoms with E-state index in [2.05, 4.69) is 14.9 Å². The largest absolute Gasteiger partial charge is 0.458 e. The summed E-state index contributed by atoms with van der Waals surface area (Å²) in [7, 11) is 0. The lowest BCUT2D eigenvalue weighted by Crippen LogP contribution is -2.27. The van der Waals surface area contributed by atoms with Crippen LogP contribution in [0.15, 0.2) is 34.9 Å². The number of pyridine rings is 1. The van der Waals surface area contributed by atoms with Crippen LogP contribution in [0.2, 0.25) is 0 Å². The molecule has 1 saturated heterocycles. The minimum absolute atomic E-state index is 0.485. The van der Waals surface area contributed by atoms with Crippen molar-refractivity contribution in [3.05, 3.63) is 36.2 Å². The molecule has 0 aliphatic carbocycles. The number of rotatable bonds is 3. The van der Waals surface area contributed by atoms with E-state index in [9.17, 15) is 0 Å². The molecule has 1 N–H and O–H groups in total. The van der Waals surface area contributed by atoms with Crippen molar-refractivity contribution in [2.24, 2.45) is 0 Å². The number of furan rings is 1. The van der Waals surface area contributed by atoms with Gasteiger partial charge >= 0.3 is 0 Å². The van der Waals surface area contributed by atoms with Gasteiger partial charge in [0.15, 0.2) is 17.2 Å². The zero-order valence-electron chi connectivity index (χ0n) is 12.0. The van der Waals surface area contributed by atoms with Crippen LogP contribution in [-0.2, 0) is 6.54 Å². The maximum Gasteiger partial charge on any atom is 0.178 e. The van der Waals surface area contributed by atoms with E-state index in [1.807, 2.05) is 37.4 Å². The Balaban J connectivity index is 1.84. The summed E-state index contributed by atoms with van der Waals surface area (Å²) in [6.07, 6.45) is 4.25. The molecule has 0 saturated carbocycles. The molecular formula is C16H18N4O. The van der Waals surface area contributed by atoms with Crippen molar-refractivity contribution < 1.29 is 4.42 Å². The van der Waals surface area contributed by atoms with Crippen LogP contribution in [0.3, 0.4) is 0 Å². The van der Waals surface area contributed by atoms with Gasteiger partial charge in [0.25, 0.3) is 0 Å². The zero-order chi connectivity index (χ0) is 14.2. The van der Waals surface area contributed by atoms with Gasteiger partial charge in [0.2, 0.25) is 0 Å². The molecule has 1 aliphatic heterocycles. The highest BCUT2D eigenvalue weighted by Crippen LogP contribution is 2.26. The standard InChI is InChI=1S/C16H18N4O/c1-11-6-7-14(21-11)16-19-13-5-3-9-18-15(13)20(16)10-12-4-2-8-17-12/h3,5-7,9,12,17H,2,4,8,10H2,1H3. The molecule has 4 heterocycles. The summed E-state index contributed by atoms with van der Waals surface area (Å²) in [6, 6.07) is 8.36. The van der Waals surface area contributed by atoms with Crippen molar-refractivity contribution in [1.29, 1.82) is 0 Å². The number of fused-ring (bicyclic) bond motifs is 1. The van der Waals surface area contributed by atoms with Crippen molar-refractivity contribution >= 4 is 11.2 Å². The number of hydrogen-bond acceptors (Lipinski definition) is 4. The van der Waals surface area contributed by atoms with Crippen LogP contribution in [0.5, 0.6) is 0 Å². The first kappa shape index (κ1) is 12.6. The van der Waals surface area contributed by atoms with E-state index in [4.69, 9.17) is 9.40 Å². The van der Waals surface area contributed by atoms with Crippen LogP contribution in [0.4, 0.5) is 0 Å². The van der Waals surface area contributed by atoms with Gasteiger partial charge < -0.3 is 14.3 Å². The van der Waals surface area contributed by atoms with Gasteiger partial charge in [-0.05, 0) is 50.6 Å². The van der Waals surface area contributed by atoms with Gasteiger partial charge in [-0.3, -0.25) is 0 Å². The Hall–Kier alpha value is -2.14. The molecule has 1 unspecified atom stereocenters. The predicted octanol–water partition coefficient (Wildman–Crippen LogP) is 2.75. The van der Waals surface area contributed by atoms with E-state index in [1.54, 1.807) is 0 Å². The van der Waals surface area contributed by atoms with Crippen LogP contribution in [-0.4, -0.2) is 27.1 Å². The van der Waals surface area contributed by atoms with Crippen LogP contribution >= 0.6 is 0 Å². The summed E-state index contributed by atoms with van der Waals surface area (Å²) in [4.78, 5) is 9.22. The van der Waals surface area contributed by atoms with Gasteiger partial charge in [-0.25, -0.2) is 9.97 Å². The SMILES string of the molecule is Cc1ccc(-c2nc3cccnc3n2CC2CCCN2)o1. The summed E-state index contributed by atoms with van der Waals surface area (Å²) >= 11 is 0. The van der Waals surface area contributed by atoms with Crippen LogP contribution in [0.1, 0.15) is 18.6 Å². The average molecular weight is 282 g/mol. The van der Waals surface area contributed by atoms with E-state index in [-0.39, 0.29) is 0 Å². The fourth-order valence-corrected chi connectivity index (χ4v) is 3.01. The molecule has 0 spiro atoms. The quantitative estimate of drug-likeness (QED) is 0.802. The van der Waals surface area contributed by atoms with E-state index in [0.29, 0.717) is 6.04 Å². The first-order valence-electron chi connectivity index (χ1n) is 7.43. The normalized spacial score (nSPS) is 18.6. The molecule has 0 aromatic carbocycles. The van der Waals surface area contributed by atoms with E-state index < -0.39 is 0 Å². The van der Waals surface area contributed by atoms with Gasteiger partial charge in [0.05, 0.1) is 0 Å². The first-order chi connectivity index (χ1) is 10.3. The van der Waals surface area contributed by atoms with Gasteiger partial charge in [0.1, 0.15) is 11.3 Å². The number of imidazole rings is 1. The fraction of sp³-hybridized carbons (Fsp3) is 0.375. The van der Waals surface area contributed by atoms with Crippen molar-refractivity contribution in [3.8, 4) is 11.6 Å². The minimum Gasteiger partial charge on any atom is -0.458 e. The first-order valence-corrected chi connectivity index (χ1v) is 7.43. The summed E-state index contributed by atoms with van der Waals surface area (Å²) in [5.41, 5.74) is 1.84. The fourth-order valence-electron chi connectivity index (χ4n) is 3.01. The molecule has 0 radical (unpaired) electrons. The summed E-state index contributed by atoms with van der Waals surface area (Å²) < 4.78 is 7.95. The van der Waals surface area contributed by atoms with E-state index >= 15 is 0 Å². The van der Waals surface area contributed by atoms with Crippen molar-refractivity contribution in [1.82, 2.24) is 19.9 Å². The molecule has 21 heavy (non-hydrogen) atoms. The van der Waals surface area contributed by atoms with Crippen molar-refractivity contribution in [2.75, 3.05) is 6.54 Å². The highest BCUT2D eigenvalue weighted by Gasteiger charge is 2.21. The maximum absolute atomic E-state index is 5.77. The monoisotopic (exact) mass is 282 g/mol. The molecule has 0 amide bonds. The minimum atomic E-state index is 0.485. The number of nitrogens with zero attached hydrogens (tertiary/aromatic N) is 3. The Kier molecular flexibility index (Phi) is 3.00. The number of aryl methyl sites for hydroxylation is 1. The molecule has 1 atom stereocenters. The van der Waals surface area contributed by atoms with Gasteiger partial charge in [0, 0.05) is 18.8 Å². The topological polar surface area (TPSA) is 55.9 Å². The highest BCUT2D eigenvalue weighted by molar-refractivity contribution is 5.75. The maximum atomic E-state index is 5.77. The Labute approximate surface area is 123 Å². The highest BCUT2D eigenvalue weighted by atomic mass is 16.3. The third-order valence-corrected chi connectivity index (χ3v) is 4.03. The summed E-state index contributed by atoms with van der Waals surface area (Å²) in [6.45, 7) is 3.93. The van der Waals surface area contributed by atoms with Gasteiger partial charge in [-0.1, -0.05) is 0 Å². The van der Waals surface area contributed by atoms with Crippen molar-refractivity contribution in [3.63, 3.8) is 0 Å². The third kappa shape index (κ3) is 2.23. The Morgan fingerprint density at radius 3 is 3.10 bits per heavy atom. The molecule has 1 aliphatic rings. The van der Waals surface area contributed by atoms with Crippen LogP contribution in [0, 0.1) is 6.92 Å². The molecule has 1 fully saturated rings. The second-order valence-electron chi connectivity index (χ2n) is 5.60. The molecule has 4 rings (SSSR count). The van der Waals surface area contributed by atoms with Crippen LogP contribution < -0.4 is 5.32 Å². The smallest absolute Gasteiger partial charge is 0.178 e. The number of aromatic nitrogens is 3. The second kappa shape index (κ2) is 5.00. The van der Waals surface area contributed by atoms with Gasteiger partial charge in [-0.15, -0.1) is 0 Å². The molecule has 3 aromatic heterocycles. The Morgan fingerprint density at radius 1 is 1.38 bits per heavy atom. The molecule has 5 nitrogen and oxygen atoms in total. The van der Waals surface area contributed by atoms with Gasteiger partial charge in [-0.2, -0.15) is 0 Å². The van der Waals surface area contributed by atoms with Crippen LogP contribution in [0.25, 0.3) is 22.7 Å². The van der Waals surface area contributed by atoms with E-state index in [1.165, 1.54) is 12.8 Å². The third-order valence-electron chi connectivity index (χ3n) is 4.03. The number of nitrogens with one attached hydrogen (secondary N) is 1. The molecule has 5 heteroatoms. The summed E-state index contributed by atoms with van der Waals surface area (Å²) in [5, 5.41) is 3.54. The second-order valence-corrected chi connectivity index (χ2v) is 5.60.